The standard InChI is InChI=1S/C20H26N6O3/c1-6-26-17-13(10-21-26)16(23-12-7-8-28-14(27)9-12)15(11(2)22-17)18-24-25-19(29-18)20(3,4)5/h10,12H,6-9H2,1-5H3,(H,22,23). The van der Waals surface area contributed by atoms with Gasteiger partial charge in [-0.15, -0.1) is 10.2 Å². The molecule has 1 atom stereocenters. The Balaban J connectivity index is 1.87. The van der Waals surface area contributed by atoms with Crippen molar-refractivity contribution in [2.24, 2.45) is 0 Å². The zero-order valence-corrected chi connectivity index (χ0v) is 17.4. The monoisotopic (exact) mass is 398 g/mol. The smallest absolute Gasteiger partial charge is 0.307 e. The van der Waals surface area contributed by atoms with E-state index in [1.54, 1.807) is 6.20 Å². The van der Waals surface area contributed by atoms with Gasteiger partial charge in [0.25, 0.3) is 5.89 Å². The Kier molecular flexibility index (Phi) is 4.76. The molecule has 3 aromatic heterocycles. The number of cyclic esters (lactones) is 1. The fraction of sp³-hybridized carbons (Fsp3) is 0.550. The van der Waals surface area contributed by atoms with E-state index in [0.29, 0.717) is 31.4 Å². The van der Waals surface area contributed by atoms with Gasteiger partial charge in [-0.25, -0.2) is 9.67 Å². The number of esters is 1. The van der Waals surface area contributed by atoms with Crippen molar-refractivity contribution < 1.29 is 13.9 Å². The number of anilines is 1. The highest BCUT2D eigenvalue weighted by Crippen LogP contribution is 2.38. The molecule has 1 aliphatic rings. The Morgan fingerprint density at radius 1 is 1.31 bits per heavy atom. The molecule has 4 heterocycles. The number of nitrogens with one attached hydrogen (secondary N) is 1. The van der Waals surface area contributed by atoms with Crippen LogP contribution in [0, 0.1) is 6.92 Å². The van der Waals surface area contributed by atoms with Crippen molar-refractivity contribution in [3.05, 3.63) is 17.8 Å². The summed E-state index contributed by atoms with van der Waals surface area (Å²) in [5.41, 5.74) is 2.85. The lowest BCUT2D eigenvalue weighted by atomic mass is 9.97. The van der Waals surface area contributed by atoms with Gasteiger partial charge in [0.15, 0.2) is 5.65 Å². The predicted octanol–water partition coefficient (Wildman–Crippen LogP) is 3.22. The zero-order valence-electron chi connectivity index (χ0n) is 17.4. The normalized spacial score (nSPS) is 17.6. The topological polar surface area (TPSA) is 108 Å². The second-order valence-electron chi connectivity index (χ2n) is 8.36. The van der Waals surface area contributed by atoms with E-state index in [0.717, 1.165) is 34.4 Å². The number of carbonyl (C=O) groups is 1. The molecule has 1 fully saturated rings. The number of fused-ring (bicyclic) bond motifs is 1. The lowest BCUT2D eigenvalue weighted by molar-refractivity contribution is -0.147. The van der Waals surface area contributed by atoms with Gasteiger partial charge < -0.3 is 14.5 Å². The summed E-state index contributed by atoms with van der Waals surface area (Å²) < 4.78 is 13.0. The minimum atomic E-state index is -0.259. The lowest BCUT2D eigenvalue weighted by Crippen LogP contribution is -2.31. The van der Waals surface area contributed by atoms with E-state index in [-0.39, 0.29) is 17.4 Å². The van der Waals surface area contributed by atoms with Crippen LogP contribution in [0.15, 0.2) is 10.6 Å². The van der Waals surface area contributed by atoms with Crippen molar-refractivity contribution in [2.45, 2.75) is 65.5 Å². The number of carbonyl (C=O) groups excluding carboxylic acids is 1. The Bertz CT molecular complexity index is 1060. The molecule has 0 aromatic carbocycles. The number of aryl methyl sites for hydroxylation is 2. The lowest BCUT2D eigenvalue weighted by Gasteiger charge is -2.25. The van der Waals surface area contributed by atoms with Gasteiger partial charge in [0.1, 0.15) is 0 Å². The zero-order chi connectivity index (χ0) is 20.8. The highest BCUT2D eigenvalue weighted by molar-refractivity contribution is 5.98. The molecule has 4 rings (SSSR count). The van der Waals surface area contributed by atoms with Gasteiger partial charge in [0.05, 0.1) is 41.6 Å². The van der Waals surface area contributed by atoms with E-state index < -0.39 is 0 Å². The second kappa shape index (κ2) is 7.13. The number of nitrogens with zero attached hydrogens (tertiary/aromatic N) is 5. The van der Waals surface area contributed by atoms with E-state index in [4.69, 9.17) is 14.1 Å². The maximum Gasteiger partial charge on any atom is 0.307 e. The van der Waals surface area contributed by atoms with Crippen LogP contribution >= 0.6 is 0 Å². The molecule has 1 N–H and O–H groups in total. The first-order chi connectivity index (χ1) is 13.8. The van der Waals surface area contributed by atoms with Gasteiger partial charge in [-0.1, -0.05) is 20.8 Å². The second-order valence-corrected chi connectivity index (χ2v) is 8.36. The number of aromatic nitrogens is 5. The van der Waals surface area contributed by atoms with Gasteiger partial charge in [0, 0.05) is 24.4 Å². The third kappa shape index (κ3) is 3.56. The molecule has 29 heavy (non-hydrogen) atoms. The Hall–Kier alpha value is -2.97. The highest BCUT2D eigenvalue weighted by atomic mass is 16.5. The molecule has 154 valence electrons. The van der Waals surface area contributed by atoms with Crippen molar-refractivity contribution in [1.29, 1.82) is 0 Å². The van der Waals surface area contributed by atoms with Gasteiger partial charge >= 0.3 is 5.97 Å². The summed E-state index contributed by atoms with van der Waals surface area (Å²) in [5, 5.41) is 17.4. The fourth-order valence-electron chi connectivity index (χ4n) is 3.48. The van der Waals surface area contributed by atoms with Crippen LogP contribution in [-0.4, -0.2) is 43.6 Å². The Morgan fingerprint density at radius 2 is 2.10 bits per heavy atom. The number of hydrogen-bond acceptors (Lipinski definition) is 8. The summed E-state index contributed by atoms with van der Waals surface area (Å²) in [7, 11) is 0. The molecule has 0 amide bonds. The highest BCUT2D eigenvalue weighted by Gasteiger charge is 2.28. The maximum atomic E-state index is 11.8. The van der Waals surface area contributed by atoms with Crippen LogP contribution in [0.1, 0.15) is 52.1 Å². The molecule has 0 saturated carbocycles. The summed E-state index contributed by atoms with van der Waals surface area (Å²) >= 11 is 0. The van der Waals surface area contributed by atoms with Gasteiger partial charge in [0.2, 0.25) is 5.89 Å². The van der Waals surface area contributed by atoms with Crippen molar-refractivity contribution in [3.8, 4) is 11.5 Å². The van der Waals surface area contributed by atoms with Crippen LogP contribution in [0.2, 0.25) is 0 Å². The first kappa shape index (κ1) is 19.4. The van der Waals surface area contributed by atoms with Gasteiger partial charge in [-0.05, 0) is 13.8 Å². The average Bonchev–Trinajstić information content (AvgIpc) is 3.28. The molecular formula is C20H26N6O3. The van der Waals surface area contributed by atoms with Crippen molar-refractivity contribution >= 4 is 22.7 Å². The van der Waals surface area contributed by atoms with Crippen LogP contribution in [0.3, 0.4) is 0 Å². The minimum absolute atomic E-state index is 0.0463. The Morgan fingerprint density at radius 3 is 2.76 bits per heavy atom. The van der Waals surface area contributed by atoms with Crippen LogP contribution in [0.4, 0.5) is 5.69 Å². The molecule has 0 spiro atoms. The summed E-state index contributed by atoms with van der Waals surface area (Å²) in [6.07, 6.45) is 2.83. The first-order valence-corrected chi connectivity index (χ1v) is 9.90. The summed E-state index contributed by atoms with van der Waals surface area (Å²) in [4.78, 5) is 16.5. The van der Waals surface area contributed by atoms with E-state index in [1.165, 1.54) is 0 Å². The third-order valence-electron chi connectivity index (χ3n) is 5.04. The van der Waals surface area contributed by atoms with Crippen LogP contribution in [0.5, 0.6) is 0 Å². The van der Waals surface area contributed by atoms with Crippen molar-refractivity contribution in [2.75, 3.05) is 11.9 Å². The molecule has 9 heteroatoms. The van der Waals surface area contributed by atoms with E-state index in [1.807, 2.05) is 39.3 Å². The largest absolute Gasteiger partial charge is 0.466 e. The van der Waals surface area contributed by atoms with E-state index in [9.17, 15) is 4.79 Å². The molecule has 9 nitrogen and oxygen atoms in total. The number of pyridine rings is 1. The molecule has 1 saturated heterocycles. The number of ether oxygens (including phenoxy) is 1. The molecule has 1 unspecified atom stereocenters. The molecule has 0 radical (unpaired) electrons. The predicted molar refractivity (Wildman–Crippen MR) is 108 cm³/mol. The van der Waals surface area contributed by atoms with Gasteiger partial charge in [-0.3, -0.25) is 4.79 Å². The quantitative estimate of drug-likeness (QED) is 0.668. The summed E-state index contributed by atoms with van der Waals surface area (Å²) in [6.45, 7) is 11.1. The minimum Gasteiger partial charge on any atom is -0.466 e. The summed E-state index contributed by atoms with van der Waals surface area (Å²) in [6, 6.07) is -0.0463. The van der Waals surface area contributed by atoms with Crippen molar-refractivity contribution in [3.63, 3.8) is 0 Å². The number of rotatable bonds is 4. The molecule has 0 bridgehead atoms. The molecule has 1 aliphatic heterocycles. The average molecular weight is 398 g/mol. The van der Waals surface area contributed by atoms with Crippen LogP contribution in [0.25, 0.3) is 22.5 Å². The van der Waals surface area contributed by atoms with Gasteiger partial charge in [-0.2, -0.15) is 5.10 Å². The van der Waals surface area contributed by atoms with Crippen LogP contribution < -0.4 is 5.32 Å². The Labute approximate surface area is 168 Å². The SMILES string of the molecule is CCn1ncc2c(NC3CCOC(=O)C3)c(-c3nnc(C(C)(C)C)o3)c(C)nc21. The van der Waals surface area contributed by atoms with E-state index in [2.05, 4.69) is 20.6 Å². The maximum absolute atomic E-state index is 11.8. The van der Waals surface area contributed by atoms with E-state index >= 15 is 0 Å². The molecule has 3 aromatic rings. The fourth-order valence-corrected chi connectivity index (χ4v) is 3.48. The van der Waals surface area contributed by atoms with Crippen LogP contribution in [-0.2, 0) is 21.5 Å². The van der Waals surface area contributed by atoms with Crippen molar-refractivity contribution in [1.82, 2.24) is 25.0 Å². The molecule has 0 aliphatic carbocycles. The first-order valence-electron chi connectivity index (χ1n) is 9.90. The molecular weight excluding hydrogens is 372 g/mol. The number of hydrogen-bond donors (Lipinski definition) is 1. The summed E-state index contributed by atoms with van der Waals surface area (Å²) in [5.74, 6) is 0.768. The third-order valence-corrected chi connectivity index (χ3v) is 5.04.